The van der Waals surface area contributed by atoms with Gasteiger partial charge in [-0.1, -0.05) is 12.1 Å². The van der Waals surface area contributed by atoms with Crippen molar-refractivity contribution in [3.8, 4) is 6.07 Å². The van der Waals surface area contributed by atoms with Gasteiger partial charge in [-0.15, -0.1) is 11.3 Å². The molecular weight excluding hydrogens is 294 g/mol. The lowest BCUT2D eigenvalue weighted by Crippen LogP contribution is -2.29. The molecule has 3 rings (SSSR count). The Morgan fingerprint density at radius 3 is 2.80 bits per heavy atom. The first-order chi connectivity index (χ1) is 9.54. The standard InChI is InChI=1S/C13H11N3O2S2/c14-8-10-4-5-12(19-10)20(17,18)16-7-6-9-2-1-3-11(15)13(9)16/h1-5H,6-7,15H2. The monoisotopic (exact) mass is 305 g/mol. The van der Waals surface area contributed by atoms with E-state index in [1.54, 1.807) is 6.07 Å². The third kappa shape index (κ3) is 1.85. The molecule has 7 heteroatoms. The van der Waals surface area contributed by atoms with Crippen LogP contribution in [0.3, 0.4) is 0 Å². The van der Waals surface area contributed by atoms with Crippen LogP contribution in [0.1, 0.15) is 10.4 Å². The molecule has 0 amide bonds. The van der Waals surface area contributed by atoms with Crippen molar-refractivity contribution < 1.29 is 8.42 Å². The van der Waals surface area contributed by atoms with Crippen LogP contribution in [0.25, 0.3) is 0 Å². The molecule has 0 saturated heterocycles. The molecule has 2 heterocycles. The number of rotatable bonds is 2. The van der Waals surface area contributed by atoms with Crippen LogP contribution in [0, 0.1) is 11.3 Å². The minimum Gasteiger partial charge on any atom is -0.397 e. The van der Waals surface area contributed by atoms with Gasteiger partial charge in [0.25, 0.3) is 10.0 Å². The van der Waals surface area contributed by atoms with Gasteiger partial charge >= 0.3 is 0 Å². The maximum absolute atomic E-state index is 12.7. The topological polar surface area (TPSA) is 87.2 Å². The van der Waals surface area contributed by atoms with Gasteiger partial charge < -0.3 is 5.73 Å². The number of thiophene rings is 1. The van der Waals surface area contributed by atoms with Gasteiger partial charge in [-0.05, 0) is 30.2 Å². The highest BCUT2D eigenvalue weighted by atomic mass is 32.2. The van der Waals surface area contributed by atoms with Crippen LogP contribution in [-0.4, -0.2) is 15.0 Å². The maximum atomic E-state index is 12.7. The van der Waals surface area contributed by atoms with Gasteiger partial charge in [-0.3, -0.25) is 4.31 Å². The molecule has 0 unspecified atom stereocenters. The average molecular weight is 305 g/mol. The van der Waals surface area contributed by atoms with Crippen molar-refractivity contribution in [1.82, 2.24) is 0 Å². The molecule has 0 spiro atoms. The predicted molar refractivity (Wildman–Crippen MR) is 78.1 cm³/mol. The maximum Gasteiger partial charge on any atom is 0.273 e. The highest BCUT2D eigenvalue weighted by Crippen LogP contribution is 2.38. The van der Waals surface area contributed by atoms with E-state index in [2.05, 4.69) is 0 Å². The number of sulfonamides is 1. The highest BCUT2D eigenvalue weighted by molar-refractivity contribution is 7.94. The first kappa shape index (κ1) is 13.0. The van der Waals surface area contributed by atoms with Gasteiger partial charge in [0.1, 0.15) is 15.2 Å². The smallest absolute Gasteiger partial charge is 0.273 e. The molecular formula is C13H11N3O2S2. The van der Waals surface area contributed by atoms with E-state index in [1.165, 1.54) is 16.4 Å². The number of anilines is 2. The number of fused-ring (bicyclic) bond motifs is 1. The number of hydrogen-bond donors (Lipinski definition) is 1. The molecule has 1 aliphatic heterocycles. The zero-order chi connectivity index (χ0) is 14.3. The van der Waals surface area contributed by atoms with E-state index in [9.17, 15) is 8.42 Å². The van der Waals surface area contributed by atoms with Gasteiger partial charge in [-0.2, -0.15) is 5.26 Å². The van der Waals surface area contributed by atoms with Crippen molar-refractivity contribution in [3.05, 3.63) is 40.8 Å². The lowest BCUT2D eigenvalue weighted by Gasteiger charge is -2.19. The molecule has 2 aromatic rings. The van der Waals surface area contributed by atoms with Crippen molar-refractivity contribution in [2.75, 3.05) is 16.6 Å². The second-order valence-electron chi connectivity index (χ2n) is 4.41. The molecule has 0 radical (unpaired) electrons. The zero-order valence-corrected chi connectivity index (χ0v) is 12.0. The minimum absolute atomic E-state index is 0.171. The molecule has 0 atom stereocenters. The molecule has 5 nitrogen and oxygen atoms in total. The summed E-state index contributed by atoms with van der Waals surface area (Å²) in [5, 5.41) is 8.82. The molecule has 1 aromatic carbocycles. The van der Waals surface area contributed by atoms with Crippen molar-refractivity contribution in [3.63, 3.8) is 0 Å². The van der Waals surface area contributed by atoms with Crippen molar-refractivity contribution in [2.45, 2.75) is 10.6 Å². The van der Waals surface area contributed by atoms with Crippen molar-refractivity contribution in [1.29, 1.82) is 5.26 Å². The molecule has 1 aromatic heterocycles. The second-order valence-corrected chi connectivity index (χ2v) is 7.59. The van der Waals surface area contributed by atoms with Gasteiger partial charge in [-0.25, -0.2) is 8.42 Å². The molecule has 20 heavy (non-hydrogen) atoms. The van der Waals surface area contributed by atoms with E-state index in [0.717, 1.165) is 16.9 Å². The Morgan fingerprint density at radius 2 is 2.10 bits per heavy atom. The Hall–Kier alpha value is -2.04. The van der Waals surface area contributed by atoms with Crippen LogP contribution in [-0.2, 0) is 16.4 Å². The first-order valence-corrected chi connectivity index (χ1v) is 8.20. The highest BCUT2D eigenvalue weighted by Gasteiger charge is 2.33. The van der Waals surface area contributed by atoms with Gasteiger partial charge in [0.2, 0.25) is 0 Å². The van der Waals surface area contributed by atoms with Gasteiger partial charge in [0.05, 0.1) is 11.4 Å². The Labute approximate surface area is 120 Å². The molecule has 0 fully saturated rings. The summed E-state index contributed by atoms with van der Waals surface area (Å²) in [5.41, 5.74) is 7.88. The number of nitrogens with two attached hydrogens (primary N) is 1. The normalized spacial score (nSPS) is 14.1. The summed E-state index contributed by atoms with van der Waals surface area (Å²) in [6.07, 6.45) is 0.649. The fourth-order valence-corrected chi connectivity index (χ4v) is 5.07. The number of benzene rings is 1. The number of para-hydroxylation sites is 1. The summed E-state index contributed by atoms with van der Waals surface area (Å²) >= 11 is 0.976. The van der Waals surface area contributed by atoms with Crippen LogP contribution in [0.5, 0.6) is 0 Å². The van der Waals surface area contributed by atoms with E-state index in [4.69, 9.17) is 11.0 Å². The fourth-order valence-electron chi connectivity index (χ4n) is 2.32. The molecule has 2 N–H and O–H groups in total. The summed E-state index contributed by atoms with van der Waals surface area (Å²) in [6, 6.07) is 10.3. The summed E-state index contributed by atoms with van der Waals surface area (Å²) in [6.45, 7) is 0.381. The van der Waals surface area contributed by atoms with Crippen LogP contribution in [0.4, 0.5) is 11.4 Å². The van der Waals surface area contributed by atoms with Crippen LogP contribution in [0.15, 0.2) is 34.5 Å². The van der Waals surface area contributed by atoms with Gasteiger partial charge in [0, 0.05) is 6.54 Å². The third-order valence-electron chi connectivity index (χ3n) is 3.22. The predicted octanol–water partition coefficient (Wildman–Crippen LogP) is 1.95. The molecule has 1 aliphatic rings. The Bertz CT molecular complexity index is 818. The van der Waals surface area contributed by atoms with Crippen molar-refractivity contribution >= 4 is 32.7 Å². The quantitative estimate of drug-likeness (QED) is 0.859. The Balaban J connectivity index is 2.10. The molecule has 0 saturated carbocycles. The van der Waals surface area contributed by atoms with E-state index < -0.39 is 10.0 Å². The first-order valence-electron chi connectivity index (χ1n) is 5.94. The van der Waals surface area contributed by atoms with E-state index >= 15 is 0 Å². The zero-order valence-electron chi connectivity index (χ0n) is 10.4. The minimum atomic E-state index is -3.64. The average Bonchev–Trinajstić information content (AvgIpc) is 3.06. The molecule has 0 bridgehead atoms. The summed E-state index contributed by atoms with van der Waals surface area (Å²) < 4.78 is 26.8. The lowest BCUT2D eigenvalue weighted by atomic mass is 10.1. The Kier molecular flexibility index (Phi) is 2.92. The third-order valence-corrected chi connectivity index (χ3v) is 6.48. The van der Waals surface area contributed by atoms with Gasteiger partial charge in [0.15, 0.2) is 0 Å². The van der Waals surface area contributed by atoms with Crippen LogP contribution < -0.4 is 10.0 Å². The van der Waals surface area contributed by atoms with Crippen molar-refractivity contribution in [2.24, 2.45) is 0 Å². The number of hydrogen-bond acceptors (Lipinski definition) is 5. The van der Waals surface area contributed by atoms with Crippen LogP contribution in [0.2, 0.25) is 0 Å². The van der Waals surface area contributed by atoms with E-state index in [-0.39, 0.29) is 4.21 Å². The summed E-state index contributed by atoms with van der Waals surface area (Å²) in [4.78, 5) is 0.379. The summed E-state index contributed by atoms with van der Waals surface area (Å²) in [5.74, 6) is 0. The Morgan fingerprint density at radius 1 is 1.30 bits per heavy atom. The van der Waals surface area contributed by atoms with E-state index in [1.807, 2.05) is 18.2 Å². The largest absolute Gasteiger partial charge is 0.397 e. The lowest BCUT2D eigenvalue weighted by molar-refractivity contribution is 0.594. The van der Waals surface area contributed by atoms with Crippen LogP contribution >= 0.6 is 11.3 Å². The SMILES string of the molecule is N#Cc1ccc(S(=O)(=O)N2CCc3cccc(N)c32)s1. The van der Waals surface area contributed by atoms with E-state index in [0.29, 0.717) is 29.2 Å². The summed E-state index contributed by atoms with van der Waals surface area (Å²) in [7, 11) is -3.64. The fraction of sp³-hybridized carbons (Fsp3) is 0.154. The molecule has 0 aliphatic carbocycles. The second kappa shape index (κ2) is 4.51. The number of nitrogen functional groups attached to an aromatic ring is 1. The molecule has 102 valence electrons. The number of nitrogens with zero attached hydrogens (tertiary/aromatic N) is 2. The number of nitriles is 1.